The van der Waals surface area contributed by atoms with Gasteiger partial charge in [-0.1, -0.05) is 13.8 Å². The fourth-order valence-corrected chi connectivity index (χ4v) is 2.36. The van der Waals surface area contributed by atoms with E-state index in [-0.39, 0.29) is 11.8 Å². The van der Waals surface area contributed by atoms with Crippen molar-refractivity contribution in [2.24, 2.45) is 5.41 Å². The second-order valence-corrected chi connectivity index (χ2v) is 4.99. The van der Waals surface area contributed by atoms with Gasteiger partial charge in [0.2, 0.25) is 11.8 Å². The van der Waals surface area contributed by atoms with Crippen molar-refractivity contribution in [1.82, 2.24) is 10.2 Å². The third-order valence-corrected chi connectivity index (χ3v) is 3.94. The number of carbonyl (C=O) groups is 2. The molecule has 106 valence electrons. The van der Waals surface area contributed by atoms with E-state index in [0.717, 1.165) is 25.9 Å². The van der Waals surface area contributed by atoms with Crippen molar-refractivity contribution in [2.45, 2.75) is 46.0 Å². The zero-order valence-corrected chi connectivity index (χ0v) is 11.9. The number of nitrogens with one attached hydrogen (secondary N) is 1. The van der Waals surface area contributed by atoms with Crippen LogP contribution in [0.4, 0.5) is 0 Å². The summed E-state index contributed by atoms with van der Waals surface area (Å²) in [5.41, 5.74) is -0.948. The van der Waals surface area contributed by atoms with E-state index in [9.17, 15) is 9.59 Å². The van der Waals surface area contributed by atoms with Crippen LogP contribution in [0, 0.1) is 16.7 Å². The highest BCUT2D eigenvalue weighted by molar-refractivity contribution is 5.86. The van der Waals surface area contributed by atoms with Gasteiger partial charge in [-0.15, -0.1) is 0 Å². The number of nitrogens with zero attached hydrogens (tertiary/aromatic N) is 2. The molecule has 0 unspecified atom stereocenters. The predicted octanol–water partition coefficient (Wildman–Crippen LogP) is 1.45. The predicted molar refractivity (Wildman–Crippen MR) is 72.1 cm³/mol. The number of rotatable bonds is 6. The van der Waals surface area contributed by atoms with E-state index in [1.165, 1.54) is 0 Å². The lowest BCUT2D eigenvalue weighted by Crippen LogP contribution is -2.41. The molecule has 0 spiro atoms. The number of carbonyl (C=O) groups excluding carboxylic acids is 2. The van der Waals surface area contributed by atoms with Gasteiger partial charge in [-0.05, 0) is 25.7 Å². The molecule has 2 amide bonds. The Balaban J connectivity index is 2.38. The molecule has 1 N–H and O–H groups in total. The van der Waals surface area contributed by atoms with Crippen LogP contribution in [0.25, 0.3) is 0 Å². The summed E-state index contributed by atoms with van der Waals surface area (Å²) in [7, 11) is 0. The molecule has 1 aliphatic rings. The van der Waals surface area contributed by atoms with Crippen LogP contribution in [-0.2, 0) is 9.59 Å². The van der Waals surface area contributed by atoms with Crippen molar-refractivity contribution in [3.63, 3.8) is 0 Å². The monoisotopic (exact) mass is 265 g/mol. The minimum Gasteiger partial charge on any atom is -0.354 e. The first kappa shape index (κ1) is 15.5. The van der Waals surface area contributed by atoms with E-state index in [1.807, 2.05) is 18.7 Å². The molecule has 1 rings (SSSR count). The van der Waals surface area contributed by atoms with Crippen molar-refractivity contribution in [3.8, 4) is 6.07 Å². The van der Waals surface area contributed by atoms with Gasteiger partial charge in [-0.3, -0.25) is 9.59 Å². The zero-order chi connectivity index (χ0) is 14.3. The largest absolute Gasteiger partial charge is 0.354 e. The zero-order valence-electron chi connectivity index (χ0n) is 11.9. The van der Waals surface area contributed by atoms with Crippen LogP contribution in [-0.4, -0.2) is 36.3 Å². The number of likely N-dealkylation sites (tertiary alicyclic amines) is 1. The summed E-state index contributed by atoms with van der Waals surface area (Å²) in [6, 6.07) is 2.10. The highest BCUT2D eigenvalue weighted by atomic mass is 16.2. The first-order valence-electron chi connectivity index (χ1n) is 7.07. The summed E-state index contributed by atoms with van der Waals surface area (Å²) in [6.45, 7) is 5.65. The second-order valence-electron chi connectivity index (χ2n) is 4.99. The Morgan fingerprint density at radius 2 is 1.84 bits per heavy atom. The molecule has 0 aromatic carbocycles. The third-order valence-electron chi connectivity index (χ3n) is 3.94. The molecule has 0 aliphatic carbocycles. The molecule has 0 radical (unpaired) electrons. The molecule has 19 heavy (non-hydrogen) atoms. The maximum atomic E-state index is 12.0. The van der Waals surface area contributed by atoms with Crippen molar-refractivity contribution in [1.29, 1.82) is 5.26 Å². The Morgan fingerprint density at radius 3 is 2.32 bits per heavy atom. The van der Waals surface area contributed by atoms with Gasteiger partial charge in [0.05, 0.1) is 6.07 Å². The van der Waals surface area contributed by atoms with Gasteiger partial charge in [-0.2, -0.15) is 5.26 Å². The van der Waals surface area contributed by atoms with Crippen molar-refractivity contribution >= 4 is 11.8 Å². The Morgan fingerprint density at radius 1 is 1.26 bits per heavy atom. The van der Waals surface area contributed by atoms with Gasteiger partial charge in [0.1, 0.15) is 5.41 Å². The molecule has 0 aromatic heterocycles. The molecule has 0 atom stereocenters. The van der Waals surface area contributed by atoms with E-state index in [4.69, 9.17) is 5.26 Å². The average molecular weight is 265 g/mol. The first-order chi connectivity index (χ1) is 9.09. The average Bonchev–Trinajstić information content (AvgIpc) is 2.95. The fourth-order valence-electron chi connectivity index (χ4n) is 2.36. The van der Waals surface area contributed by atoms with Crippen LogP contribution in [0.3, 0.4) is 0 Å². The molecule has 0 bridgehead atoms. The quantitative estimate of drug-likeness (QED) is 0.790. The topological polar surface area (TPSA) is 73.2 Å². The van der Waals surface area contributed by atoms with Crippen molar-refractivity contribution < 1.29 is 9.59 Å². The lowest BCUT2D eigenvalue weighted by molar-refractivity contribution is -0.131. The summed E-state index contributed by atoms with van der Waals surface area (Å²) < 4.78 is 0. The van der Waals surface area contributed by atoms with E-state index in [2.05, 4.69) is 11.4 Å². The summed E-state index contributed by atoms with van der Waals surface area (Å²) >= 11 is 0. The summed E-state index contributed by atoms with van der Waals surface area (Å²) in [5.74, 6) is -0.164. The molecular weight excluding hydrogens is 242 g/mol. The van der Waals surface area contributed by atoms with Gasteiger partial charge >= 0.3 is 0 Å². The van der Waals surface area contributed by atoms with Gasteiger partial charge in [0.25, 0.3) is 0 Å². The van der Waals surface area contributed by atoms with E-state index in [1.54, 1.807) is 0 Å². The molecule has 0 saturated carbocycles. The second kappa shape index (κ2) is 7.13. The number of hydrogen-bond acceptors (Lipinski definition) is 3. The maximum absolute atomic E-state index is 12.0. The summed E-state index contributed by atoms with van der Waals surface area (Å²) in [4.78, 5) is 25.6. The molecule has 1 heterocycles. The molecule has 0 aromatic rings. The minimum absolute atomic E-state index is 0.0911. The van der Waals surface area contributed by atoms with Crippen LogP contribution in [0.2, 0.25) is 0 Å². The number of nitriles is 1. The molecule has 1 saturated heterocycles. The van der Waals surface area contributed by atoms with E-state index in [0.29, 0.717) is 25.8 Å². The summed E-state index contributed by atoms with van der Waals surface area (Å²) in [5, 5.41) is 11.9. The maximum Gasteiger partial charge on any atom is 0.240 e. The van der Waals surface area contributed by atoms with Crippen molar-refractivity contribution in [3.05, 3.63) is 0 Å². The van der Waals surface area contributed by atoms with Crippen LogP contribution in [0.15, 0.2) is 0 Å². The van der Waals surface area contributed by atoms with Crippen molar-refractivity contribution in [2.75, 3.05) is 19.6 Å². The normalized spacial score (nSPS) is 15.1. The third kappa shape index (κ3) is 3.69. The Bertz CT molecular complexity index is 363. The van der Waals surface area contributed by atoms with Crippen LogP contribution in [0.1, 0.15) is 46.0 Å². The molecule has 1 fully saturated rings. The lowest BCUT2D eigenvalue weighted by Gasteiger charge is -2.22. The van der Waals surface area contributed by atoms with E-state index < -0.39 is 5.41 Å². The van der Waals surface area contributed by atoms with Gasteiger partial charge in [0, 0.05) is 26.1 Å². The minimum atomic E-state index is -0.948. The van der Waals surface area contributed by atoms with Crippen LogP contribution >= 0.6 is 0 Å². The number of amides is 2. The molecular formula is C14H23N3O2. The van der Waals surface area contributed by atoms with Gasteiger partial charge in [-0.25, -0.2) is 0 Å². The Hall–Kier alpha value is -1.57. The SMILES string of the molecule is CCC(C#N)(CC)C(=O)NCCC(=O)N1CCCC1. The Kier molecular flexibility index (Phi) is 5.81. The fraction of sp³-hybridized carbons (Fsp3) is 0.786. The highest BCUT2D eigenvalue weighted by Crippen LogP contribution is 2.25. The van der Waals surface area contributed by atoms with Gasteiger partial charge < -0.3 is 10.2 Å². The molecule has 5 nitrogen and oxygen atoms in total. The Labute approximate surface area is 115 Å². The number of hydrogen-bond donors (Lipinski definition) is 1. The standard InChI is InChI=1S/C14H23N3O2/c1-3-14(4-2,11-15)13(19)16-8-7-12(18)17-9-5-6-10-17/h3-10H2,1-2H3,(H,16,19). The van der Waals surface area contributed by atoms with Crippen LogP contribution in [0.5, 0.6) is 0 Å². The molecule has 5 heteroatoms. The lowest BCUT2D eigenvalue weighted by atomic mass is 9.83. The van der Waals surface area contributed by atoms with E-state index >= 15 is 0 Å². The molecule has 1 aliphatic heterocycles. The first-order valence-corrected chi connectivity index (χ1v) is 7.07. The van der Waals surface area contributed by atoms with Gasteiger partial charge in [0.15, 0.2) is 0 Å². The summed E-state index contributed by atoms with van der Waals surface area (Å²) in [6.07, 6.45) is 3.45. The van der Waals surface area contributed by atoms with Crippen LogP contribution < -0.4 is 5.32 Å². The smallest absolute Gasteiger partial charge is 0.240 e. The highest BCUT2D eigenvalue weighted by Gasteiger charge is 2.34.